The molecule has 0 bridgehead atoms. The van der Waals surface area contributed by atoms with Crippen molar-refractivity contribution in [2.75, 3.05) is 19.6 Å². The average Bonchev–Trinajstić information content (AvgIpc) is 2.89. The van der Waals surface area contributed by atoms with Crippen LogP contribution in [-0.4, -0.2) is 29.6 Å². The first-order valence-electron chi connectivity index (χ1n) is 4.42. The number of benzene rings is 1. The van der Waals surface area contributed by atoms with Crippen LogP contribution in [0, 0.1) is 5.82 Å². The van der Waals surface area contributed by atoms with E-state index in [-0.39, 0.29) is 5.82 Å². The Morgan fingerprint density at radius 2 is 2.08 bits per heavy atom. The van der Waals surface area contributed by atoms with Crippen molar-refractivity contribution in [3.05, 3.63) is 35.6 Å². The van der Waals surface area contributed by atoms with Crippen LogP contribution in [0.25, 0.3) is 0 Å². The molecule has 0 aromatic heterocycles. The fourth-order valence-corrected chi connectivity index (χ4v) is 1.34. The summed E-state index contributed by atoms with van der Waals surface area (Å²) in [5.74, 6) is -0.322. The average molecular weight is 181 g/mol. The summed E-state index contributed by atoms with van der Waals surface area (Å²) in [6.45, 7) is 2.58. The fraction of sp³-hybridized carbons (Fsp3) is 0.400. The zero-order valence-corrected chi connectivity index (χ0v) is 7.28. The number of nitrogens with zero attached hydrogens (tertiary/aromatic N) is 1. The molecule has 2 nitrogen and oxygen atoms in total. The highest BCUT2D eigenvalue weighted by Crippen LogP contribution is 2.19. The Bertz CT molecular complexity index is 299. The number of rotatable bonds is 3. The van der Waals surface area contributed by atoms with Gasteiger partial charge in [0.2, 0.25) is 0 Å². The Morgan fingerprint density at radius 3 is 2.69 bits per heavy atom. The lowest BCUT2D eigenvalue weighted by Crippen LogP contribution is -2.12. The molecule has 2 rings (SSSR count). The summed E-state index contributed by atoms with van der Waals surface area (Å²) < 4.78 is 13.1. The van der Waals surface area contributed by atoms with Gasteiger partial charge in [-0.05, 0) is 6.07 Å². The van der Waals surface area contributed by atoms with Gasteiger partial charge in [0.15, 0.2) is 0 Å². The Balaban J connectivity index is 2.09. The molecule has 0 radical (unpaired) electrons. The number of aliphatic hydroxyl groups is 1. The van der Waals surface area contributed by atoms with E-state index in [0.717, 1.165) is 13.1 Å². The summed E-state index contributed by atoms with van der Waals surface area (Å²) in [4.78, 5) is 2.07. The molecular formula is C10H12FNO. The van der Waals surface area contributed by atoms with Crippen LogP contribution in [0.15, 0.2) is 24.3 Å². The predicted octanol–water partition coefficient (Wildman–Crippen LogP) is 1.17. The second-order valence-electron chi connectivity index (χ2n) is 3.34. The molecule has 0 amide bonds. The summed E-state index contributed by atoms with van der Waals surface area (Å²) in [5, 5.41) is 9.63. The van der Waals surface area contributed by atoms with Gasteiger partial charge in [0.25, 0.3) is 0 Å². The lowest BCUT2D eigenvalue weighted by atomic mass is 10.1. The van der Waals surface area contributed by atoms with Gasteiger partial charge < -0.3 is 5.11 Å². The molecule has 1 N–H and O–H groups in total. The molecule has 1 aromatic carbocycles. The maximum atomic E-state index is 13.1. The fourth-order valence-electron chi connectivity index (χ4n) is 1.34. The third-order valence-electron chi connectivity index (χ3n) is 2.24. The van der Waals surface area contributed by atoms with Crippen LogP contribution in [0.1, 0.15) is 11.7 Å². The Hall–Kier alpha value is -0.930. The first-order chi connectivity index (χ1) is 6.27. The highest BCUT2D eigenvalue weighted by molar-refractivity contribution is 5.20. The van der Waals surface area contributed by atoms with Gasteiger partial charge in [0.1, 0.15) is 5.82 Å². The van der Waals surface area contributed by atoms with E-state index in [2.05, 4.69) is 4.90 Å². The highest BCUT2D eigenvalue weighted by atomic mass is 19.1. The molecule has 1 heterocycles. The number of halogens is 1. The monoisotopic (exact) mass is 181 g/mol. The van der Waals surface area contributed by atoms with Gasteiger partial charge in [-0.1, -0.05) is 18.2 Å². The summed E-state index contributed by atoms with van der Waals surface area (Å²) in [6, 6.07) is 6.37. The van der Waals surface area contributed by atoms with E-state index in [0.29, 0.717) is 12.1 Å². The molecule has 1 aliphatic heterocycles. The van der Waals surface area contributed by atoms with Crippen LogP contribution in [0.4, 0.5) is 4.39 Å². The van der Waals surface area contributed by atoms with Crippen LogP contribution in [-0.2, 0) is 0 Å². The maximum absolute atomic E-state index is 13.1. The van der Waals surface area contributed by atoms with Crippen LogP contribution in [0.2, 0.25) is 0 Å². The molecule has 1 atom stereocenters. The number of aliphatic hydroxyl groups excluding tert-OH is 1. The van der Waals surface area contributed by atoms with Gasteiger partial charge in [-0.25, -0.2) is 4.39 Å². The smallest absolute Gasteiger partial charge is 0.129 e. The van der Waals surface area contributed by atoms with Gasteiger partial charge in [-0.2, -0.15) is 0 Å². The molecule has 1 aliphatic rings. The van der Waals surface area contributed by atoms with Crippen molar-refractivity contribution in [3.63, 3.8) is 0 Å². The van der Waals surface area contributed by atoms with Gasteiger partial charge in [-0.3, -0.25) is 4.90 Å². The van der Waals surface area contributed by atoms with Crippen LogP contribution < -0.4 is 0 Å². The van der Waals surface area contributed by atoms with Crippen molar-refractivity contribution < 1.29 is 9.50 Å². The standard InChI is InChI=1S/C10H12FNO/c11-9-4-2-1-3-8(9)10(13)7-12-5-6-12/h1-4,10,13H,5-7H2. The molecule has 0 saturated carbocycles. The van der Waals surface area contributed by atoms with Gasteiger partial charge >= 0.3 is 0 Å². The van der Waals surface area contributed by atoms with E-state index < -0.39 is 6.10 Å². The summed E-state index contributed by atoms with van der Waals surface area (Å²) in [5.41, 5.74) is 0.398. The minimum absolute atomic E-state index is 0.322. The van der Waals surface area contributed by atoms with E-state index >= 15 is 0 Å². The van der Waals surface area contributed by atoms with Crippen molar-refractivity contribution in [1.29, 1.82) is 0 Å². The maximum Gasteiger partial charge on any atom is 0.129 e. The number of hydrogen-bond acceptors (Lipinski definition) is 2. The molecule has 3 heteroatoms. The molecule has 1 aromatic rings. The largest absolute Gasteiger partial charge is 0.387 e. The zero-order valence-electron chi connectivity index (χ0n) is 7.28. The highest BCUT2D eigenvalue weighted by Gasteiger charge is 2.22. The minimum atomic E-state index is -0.691. The predicted molar refractivity (Wildman–Crippen MR) is 47.8 cm³/mol. The molecule has 1 fully saturated rings. The van der Waals surface area contributed by atoms with Crippen molar-refractivity contribution in [1.82, 2.24) is 4.90 Å². The SMILES string of the molecule is OC(CN1CC1)c1ccccc1F. The van der Waals surface area contributed by atoms with E-state index in [4.69, 9.17) is 0 Å². The molecule has 13 heavy (non-hydrogen) atoms. The van der Waals surface area contributed by atoms with E-state index in [9.17, 15) is 9.50 Å². The topological polar surface area (TPSA) is 23.2 Å². The minimum Gasteiger partial charge on any atom is -0.387 e. The third-order valence-corrected chi connectivity index (χ3v) is 2.24. The number of β-amino-alcohol motifs (C(OH)–C–C–N with tert-alkyl or cyclic N) is 1. The quantitative estimate of drug-likeness (QED) is 0.707. The first-order valence-corrected chi connectivity index (χ1v) is 4.42. The summed E-state index contributed by atoms with van der Waals surface area (Å²) >= 11 is 0. The van der Waals surface area contributed by atoms with Crippen LogP contribution in [0.3, 0.4) is 0 Å². The van der Waals surface area contributed by atoms with Crippen LogP contribution >= 0.6 is 0 Å². The van der Waals surface area contributed by atoms with Crippen molar-refractivity contribution in [2.24, 2.45) is 0 Å². The van der Waals surface area contributed by atoms with Crippen molar-refractivity contribution >= 4 is 0 Å². The molecular weight excluding hydrogens is 169 g/mol. The Morgan fingerprint density at radius 1 is 1.38 bits per heavy atom. The van der Waals surface area contributed by atoms with Crippen LogP contribution in [0.5, 0.6) is 0 Å². The van der Waals surface area contributed by atoms with E-state index in [1.165, 1.54) is 6.07 Å². The normalized spacial score (nSPS) is 18.6. The molecule has 1 saturated heterocycles. The summed E-state index contributed by atoms with van der Waals surface area (Å²) in [6.07, 6.45) is -0.691. The molecule has 0 spiro atoms. The number of hydrogen-bond donors (Lipinski definition) is 1. The van der Waals surface area contributed by atoms with Gasteiger partial charge in [0.05, 0.1) is 6.10 Å². The Kier molecular flexibility index (Phi) is 2.29. The lowest BCUT2D eigenvalue weighted by molar-refractivity contribution is 0.152. The van der Waals surface area contributed by atoms with Crippen molar-refractivity contribution in [3.8, 4) is 0 Å². The molecule has 0 aliphatic carbocycles. The van der Waals surface area contributed by atoms with E-state index in [1.807, 2.05) is 0 Å². The zero-order chi connectivity index (χ0) is 9.26. The van der Waals surface area contributed by atoms with Gasteiger partial charge in [-0.15, -0.1) is 0 Å². The van der Waals surface area contributed by atoms with E-state index in [1.54, 1.807) is 18.2 Å². The first kappa shape index (κ1) is 8.66. The lowest BCUT2D eigenvalue weighted by Gasteiger charge is -2.11. The summed E-state index contributed by atoms with van der Waals surface area (Å²) in [7, 11) is 0. The second kappa shape index (κ2) is 3.44. The second-order valence-corrected chi connectivity index (χ2v) is 3.34. The third kappa shape index (κ3) is 2.05. The molecule has 1 unspecified atom stereocenters. The van der Waals surface area contributed by atoms with Gasteiger partial charge in [0, 0.05) is 25.2 Å². The Labute approximate surface area is 76.6 Å². The van der Waals surface area contributed by atoms with Crippen molar-refractivity contribution in [2.45, 2.75) is 6.10 Å². The molecule has 70 valence electrons.